The van der Waals surface area contributed by atoms with Crippen LogP contribution in [0.3, 0.4) is 0 Å². The van der Waals surface area contributed by atoms with Gasteiger partial charge in [0.15, 0.2) is 0 Å². The lowest BCUT2D eigenvalue weighted by Gasteiger charge is -2.13. The number of nitrogens with one attached hydrogen (secondary N) is 1. The Morgan fingerprint density at radius 3 is 2.75 bits per heavy atom. The molecule has 0 aliphatic heterocycles. The molecule has 1 aliphatic carbocycles. The van der Waals surface area contributed by atoms with Crippen LogP contribution >= 0.6 is 0 Å². The number of rotatable bonds is 3. The summed E-state index contributed by atoms with van der Waals surface area (Å²) < 4.78 is 5.31. The van der Waals surface area contributed by atoms with Gasteiger partial charge < -0.3 is 15.8 Å². The summed E-state index contributed by atoms with van der Waals surface area (Å²) in [7, 11) is 1.72. The van der Waals surface area contributed by atoms with Crippen LogP contribution in [0.2, 0.25) is 0 Å². The van der Waals surface area contributed by atoms with Crippen LogP contribution in [-0.4, -0.2) is 31.7 Å². The van der Waals surface area contributed by atoms with Gasteiger partial charge in [0, 0.05) is 24.3 Å². The minimum absolute atomic E-state index is 0.0370. The van der Waals surface area contributed by atoms with Crippen LogP contribution in [0.4, 0.5) is 0 Å². The maximum Gasteiger partial charge on any atom is 0.251 e. The van der Waals surface area contributed by atoms with Gasteiger partial charge in [-0.25, -0.2) is 0 Å². The highest BCUT2D eigenvalue weighted by Gasteiger charge is 2.25. The Morgan fingerprint density at radius 1 is 1.40 bits per heavy atom. The third-order valence-corrected chi connectivity index (χ3v) is 3.53. The molecule has 0 saturated heterocycles. The fourth-order valence-electron chi connectivity index (χ4n) is 2.41. The summed E-state index contributed by atoms with van der Waals surface area (Å²) in [6.07, 6.45) is 3.15. The van der Waals surface area contributed by atoms with Crippen molar-refractivity contribution in [1.82, 2.24) is 5.32 Å². The van der Waals surface area contributed by atoms with Crippen LogP contribution in [0.5, 0.6) is 0 Å². The first-order valence-corrected chi connectivity index (χ1v) is 6.85. The molecule has 20 heavy (non-hydrogen) atoms. The van der Waals surface area contributed by atoms with E-state index in [2.05, 4.69) is 17.2 Å². The van der Waals surface area contributed by atoms with Crippen molar-refractivity contribution in [3.8, 4) is 11.8 Å². The molecular weight excluding hydrogens is 252 g/mol. The van der Waals surface area contributed by atoms with E-state index in [1.54, 1.807) is 19.2 Å². The number of carbonyl (C=O) groups is 1. The van der Waals surface area contributed by atoms with Crippen molar-refractivity contribution in [2.75, 3.05) is 13.7 Å². The number of ether oxygens (including phenoxy) is 1. The van der Waals surface area contributed by atoms with E-state index in [1.165, 1.54) is 0 Å². The lowest BCUT2D eigenvalue weighted by molar-refractivity contribution is 0.0915. The third kappa shape index (κ3) is 3.83. The molecule has 0 spiro atoms. The Balaban J connectivity index is 1.92. The van der Waals surface area contributed by atoms with E-state index < -0.39 is 0 Å². The van der Waals surface area contributed by atoms with E-state index in [4.69, 9.17) is 10.5 Å². The molecule has 0 radical (unpaired) electrons. The number of methoxy groups -OCH3 is 1. The number of benzene rings is 1. The topological polar surface area (TPSA) is 64.3 Å². The van der Waals surface area contributed by atoms with E-state index >= 15 is 0 Å². The van der Waals surface area contributed by atoms with Gasteiger partial charge in [0.05, 0.1) is 12.6 Å². The lowest BCUT2D eigenvalue weighted by atomic mass is 10.1. The molecule has 106 valence electrons. The van der Waals surface area contributed by atoms with Gasteiger partial charge in [0.25, 0.3) is 5.91 Å². The first-order valence-electron chi connectivity index (χ1n) is 6.85. The first-order chi connectivity index (χ1) is 9.72. The summed E-state index contributed by atoms with van der Waals surface area (Å²) in [5.41, 5.74) is 6.85. The van der Waals surface area contributed by atoms with Crippen molar-refractivity contribution in [1.29, 1.82) is 0 Å². The molecule has 1 aliphatic rings. The molecule has 0 bridgehead atoms. The van der Waals surface area contributed by atoms with Gasteiger partial charge in [-0.1, -0.05) is 11.8 Å². The first kappa shape index (κ1) is 14.6. The van der Waals surface area contributed by atoms with Crippen LogP contribution in [-0.2, 0) is 4.74 Å². The van der Waals surface area contributed by atoms with Crippen molar-refractivity contribution in [3.05, 3.63) is 35.4 Å². The molecular formula is C16H20N2O2. The van der Waals surface area contributed by atoms with Gasteiger partial charge >= 0.3 is 0 Å². The Bertz CT molecular complexity index is 514. The molecule has 4 heteroatoms. The van der Waals surface area contributed by atoms with Gasteiger partial charge in [-0.3, -0.25) is 4.79 Å². The molecule has 3 N–H and O–H groups in total. The SMILES string of the molecule is COC1CCC(NC(=O)c2ccc(C#CCN)cc2)C1. The quantitative estimate of drug-likeness (QED) is 0.815. The normalized spacial score (nSPS) is 21.1. The van der Waals surface area contributed by atoms with Crippen molar-refractivity contribution in [3.63, 3.8) is 0 Å². The number of hydrogen-bond acceptors (Lipinski definition) is 3. The zero-order valence-electron chi connectivity index (χ0n) is 11.7. The van der Waals surface area contributed by atoms with Crippen molar-refractivity contribution < 1.29 is 9.53 Å². The highest BCUT2D eigenvalue weighted by molar-refractivity contribution is 5.94. The van der Waals surface area contributed by atoms with Gasteiger partial charge in [-0.15, -0.1) is 0 Å². The molecule has 0 heterocycles. The molecule has 1 fully saturated rings. The van der Waals surface area contributed by atoms with Crippen LogP contribution in [0.1, 0.15) is 35.2 Å². The van der Waals surface area contributed by atoms with Gasteiger partial charge in [-0.05, 0) is 43.5 Å². The zero-order chi connectivity index (χ0) is 14.4. The Kier molecular flexibility index (Phi) is 5.16. The van der Waals surface area contributed by atoms with Crippen LogP contribution < -0.4 is 11.1 Å². The lowest BCUT2D eigenvalue weighted by Crippen LogP contribution is -2.33. The number of hydrogen-bond donors (Lipinski definition) is 2. The highest BCUT2D eigenvalue weighted by Crippen LogP contribution is 2.21. The van der Waals surface area contributed by atoms with Gasteiger partial charge in [-0.2, -0.15) is 0 Å². The monoisotopic (exact) mass is 272 g/mol. The smallest absolute Gasteiger partial charge is 0.251 e. The molecule has 2 atom stereocenters. The molecule has 2 unspecified atom stereocenters. The Hall–Kier alpha value is -1.83. The summed E-state index contributed by atoms with van der Waals surface area (Å²) in [5.74, 6) is 5.68. The number of amides is 1. The highest BCUT2D eigenvalue weighted by atomic mass is 16.5. The van der Waals surface area contributed by atoms with Crippen molar-refractivity contribution >= 4 is 5.91 Å². The van der Waals surface area contributed by atoms with E-state index in [9.17, 15) is 4.79 Å². The third-order valence-electron chi connectivity index (χ3n) is 3.53. The predicted octanol–water partition coefficient (Wildman–Crippen LogP) is 1.29. The molecule has 4 nitrogen and oxygen atoms in total. The average molecular weight is 272 g/mol. The Morgan fingerprint density at radius 2 is 2.15 bits per heavy atom. The van der Waals surface area contributed by atoms with E-state index in [-0.39, 0.29) is 18.1 Å². The minimum Gasteiger partial charge on any atom is -0.381 e. The Labute approximate surface area is 119 Å². The second kappa shape index (κ2) is 7.09. The second-order valence-corrected chi connectivity index (χ2v) is 4.92. The summed E-state index contributed by atoms with van der Waals surface area (Å²) >= 11 is 0. The molecule has 0 aromatic heterocycles. The zero-order valence-corrected chi connectivity index (χ0v) is 11.7. The largest absolute Gasteiger partial charge is 0.381 e. The summed E-state index contributed by atoms with van der Waals surface area (Å²) in [6, 6.07) is 7.47. The van der Waals surface area contributed by atoms with Crippen molar-refractivity contribution in [2.45, 2.75) is 31.4 Å². The van der Waals surface area contributed by atoms with Crippen LogP contribution in [0, 0.1) is 11.8 Å². The maximum absolute atomic E-state index is 12.1. The standard InChI is InChI=1S/C16H20N2O2/c1-20-15-9-8-14(11-15)18-16(19)13-6-4-12(5-7-13)3-2-10-17/h4-7,14-15H,8-11,17H2,1H3,(H,18,19). The fourth-order valence-corrected chi connectivity index (χ4v) is 2.41. The predicted molar refractivity (Wildman–Crippen MR) is 78.3 cm³/mol. The molecule has 2 rings (SSSR count). The number of carbonyl (C=O) groups excluding carboxylic acids is 1. The number of nitrogens with two attached hydrogens (primary N) is 1. The summed E-state index contributed by atoms with van der Waals surface area (Å²) in [6.45, 7) is 0.338. The molecule has 1 aromatic rings. The summed E-state index contributed by atoms with van der Waals surface area (Å²) in [4.78, 5) is 12.1. The van der Waals surface area contributed by atoms with Crippen LogP contribution in [0.15, 0.2) is 24.3 Å². The second-order valence-electron chi connectivity index (χ2n) is 4.92. The average Bonchev–Trinajstić information content (AvgIpc) is 2.93. The van der Waals surface area contributed by atoms with Crippen molar-refractivity contribution in [2.24, 2.45) is 5.73 Å². The summed E-state index contributed by atoms with van der Waals surface area (Å²) in [5, 5.41) is 3.05. The van der Waals surface area contributed by atoms with E-state index in [0.29, 0.717) is 12.1 Å². The maximum atomic E-state index is 12.1. The van der Waals surface area contributed by atoms with Gasteiger partial charge in [0.1, 0.15) is 0 Å². The van der Waals surface area contributed by atoms with Crippen LogP contribution in [0.25, 0.3) is 0 Å². The van der Waals surface area contributed by atoms with E-state index in [0.717, 1.165) is 24.8 Å². The molecule has 1 aromatic carbocycles. The fraction of sp³-hybridized carbons (Fsp3) is 0.438. The molecule has 1 saturated carbocycles. The van der Waals surface area contributed by atoms with Gasteiger partial charge in [0.2, 0.25) is 0 Å². The molecule has 1 amide bonds. The minimum atomic E-state index is -0.0370. The van der Waals surface area contributed by atoms with E-state index in [1.807, 2.05) is 12.1 Å².